The van der Waals surface area contributed by atoms with E-state index >= 15 is 0 Å². The highest BCUT2D eigenvalue weighted by Crippen LogP contribution is 2.48. The van der Waals surface area contributed by atoms with Crippen molar-refractivity contribution in [3.63, 3.8) is 0 Å². The van der Waals surface area contributed by atoms with Crippen LogP contribution in [-0.2, 0) is 12.1 Å². The number of aliphatic hydroxyl groups is 1. The largest absolute Gasteiger partial charge is 0.379 e. The molecule has 0 radical (unpaired) electrons. The van der Waals surface area contributed by atoms with Crippen molar-refractivity contribution in [3.8, 4) is 23.0 Å². The maximum Gasteiger partial charge on any atom is 0.141 e. The monoisotopic (exact) mass is 504 g/mol. The molecule has 4 aromatic rings. The third-order valence-electron chi connectivity index (χ3n) is 8.21. The quantitative estimate of drug-likeness (QED) is 0.226. The van der Waals surface area contributed by atoms with Gasteiger partial charge < -0.3 is 9.59 Å². The predicted octanol–water partition coefficient (Wildman–Crippen LogP) is 7.15. The summed E-state index contributed by atoms with van der Waals surface area (Å²) in [4.78, 5) is 0. The topological polar surface area (TPSA) is 20.2 Å². The minimum Gasteiger partial charge on any atom is -0.379 e. The molecular formula is C34H31ClNO+. The summed E-state index contributed by atoms with van der Waals surface area (Å²) in [7, 11) is 0. The van der Waals surface area contributed by atoms with Gasteiger partial charge >= 0.3 is 0 Å². The zero-order valence-electron chi connectivity index (χ0n) is 20.9. The van der Waals surface area contributed by atoms with Crippen LogP contribution in [0.25, 0.3) is 11.1 Å². The van der Waals surface area contributed by atoms with Gasteiger partial charge in [-0.1, -0.05) is 115 Å². The zero-order chi connectivity index (χ0) is 25.3. The third-order valence-corrected chi connectivity index (χ3v) is 8.58. The van der Waals surface area contributed by atoms with E-state index in [1.807, 2.05) is 48.5 Å². The Morgan fingerprint density at radius 2 is 1.41 bits per heavy atom. The highest BCUT2D eigenvalue weighted by atomic mass is 35.5. The van der Waals surface area contributed by atoms with Gasteiger partial charge in [-0.2, -0.15) is 0 Å². The standard InChI is InChI=1S/C34H31ClNO/c35-33-19-9-4-14-28(33)25-36(23-20-27(24-36)26-12-2-1-3-13-26)22-11-10-21-34(37)31-17-7-5-15-29(31)30-16-6-8-18-32(30)34/h1-9,12-19,27,37H,20-25H2/q+1/t27-,36?/m0/s1. The van der Waals surface area contributed by atoms with Gasteiger partial charge in [-0.05, 0) is 39.8 Å². The lowest BCUT2D eigenvalue weighted by Crippen LogP contribution is -2.45. The molecule has 4 aromatic carbocycles. The Hall–Kier alpha value is -3.35. The smallest absolute Gasteiger partial charge is 0.141 e. The van der Waals surface area contributed by atoms with Gasteiger partial charge in [-0.15, -0.1) is 0 Å². The number of hydrogen-bond donors (Lipinski definition) is 1. The number of hydrogen-bond acceptors (Lipinski definition) is 1. The van der Waals surface area contributed by atoms with Crippen LogP contribution in [0.2, 0.25) is 5.02 Å². The number of nitrogens with zero attached hydrogens (tertiary/aromatic N) is 1. The number of benzene rings is 4. The van der Waals surface area contributed by atoms with Gasteiger partial charge in [0.25, 0.3) is 0 Å². The first kappa shape index (κ1) is 24.0. The number of halogens is 1. The van der Waals surface area contributed by atoms with E-state index in [1.165, 1.54) is 11.1 Å². The van der Waals surface area contributed by atoms with Gasteiger partial charge in [-0.25, -0.2) is 0 Å². The van der Waals surface area contributed by atoms with Crippen molar-refractivity contribution >= 4 is 11.6 Å². The van der Waals surface area contributed by atoms with Crippen LogP contribution in [0, 0.1) is 11.8 Å². The fourth-order valence-corrected chi connectivity index (χ4v) is 6.51. The summed E-state index contributed by atoms with van der Waals surface area (Å²) >= 11 is 6.60. The molecule has 1 aliphatic heterocycles. The van der Waals surface area contributed by atoms with Crippen molar-refractivity contribution in [2.24, 2.45) is 0 Å². The summed E-state index contributed by atoms with van der Waals surface area (Å²) < 4.78 is 0.891. The summed E-state index contributed by atoms with van der Waals surface area (Å²) in [6.45, 7) is 3.72. The van der Waals surface area contributed by atoms with E-state index in [9.17, 15) is 5.11 Å². The van der Waals surface area contributed by atoms with Gasteiger partial charge in [0.1, 0.15) is 18.7 Å². The third kappa shape index (κ3) is 4.49. The highest BCUT2D eigenvalue weighted by Gasteiger charge is 2.41. The van der Waals surface area contributed by atoms with Crippen LogP contribution >= 0.6 is 11.6 Å². The second-order valence-electron chi connectivity index (χ2n) is 10.5. The molecule has 1 saturated heterocycles. The van der Waals surface area contributed by atoms with Crippen molar-refractivity contribution in [2.75, 3.05) is 19.6 Å². The minimum atomic E-state index is -1.08. The van der Waals surface area contributed by atoms with E-state index in [-0.39, 0.29) is 0 Å². The van der Waals surface area contributed by atoms with Crippen LogP contribution in [0.1, 0.15) is 41.0 Å². The molecule has 184 valence electrons. The lowest BCUT2D eigenvalue weighted by molar-refractivity contribution is -0.923. The molecule has 6 rings (SSSR count). The lowest BCUT2D eigenvalue weighted by Gasteiger charge is -2.33. The van der Waals surface area contributed by atoms with Crippen LogP contribution in [0.3, 0.4) is 0 Å². The molecule has 2 nitrogen and oxygen atoms in total. The number of rotatable bonds is 5. The molecule has 1 unspecified atom stereocenters. The van der Waals surface area contributed by atoms with Gasteiger partial charge in [0.2, 0.25) is 0 Å². The summed E-state index contributed by atoms with van der Waals surface area (Å²) in [5.74, 6) is 7.44. The summed E-state index contributed by atoms with van der Waals surface area (Å²) in [6, 6.07) is 35.3. The van der Waals surface area contributed by atoms with Gasteiger partial charge in [-0.3, -0.25) is 0 Å². The zero-order valence-corrected chi connectivity index (χ0v) is 21.7. The Kier molecular flexibility index (Phi) is 6.39. The Morgan fingerprint density at radius 1 is 0.784 bits per heavy atom. The molecule has 0 amide bonds. The SMILES string of the molecule is OC1(CC#CC[N+]2(Cc3ccccc3Cl)CC[C@H](c3ccccc3)C2)c2ccccc2-c2ccccc21. The molecule has 0 spiro atoms. The highest BCUT2D eigenvalue weighted by molar-refractivity contribution is 6.31. The molecule has 1 heterocycles. The Morgan fingerprint density at radius 3 is 2.11 bits per heavy atom. The number of likely N-dealkylation sites (tertiary alicyclic amines) is 1. The summed E-state index contributed by atoms with van der Waals surface area (Å²) in [5.41, 5.74) is 5.63. The molecule has 0 saturated carbocycles. The van der Waals surface area contributed by atoms with E-state index in [1.54, 1.807) is 0 Å². The molecule has 2 atom stereocenters. The molecule has 37 heavy (non-hydrogen) atoms. The molecule has 0 bridgehead atoms. The summed E-state index contributed by atoms with van der Waals surface area (Å²) in [6.07, 6.45) is 1.52. The fraction of sp³-hybridized carbons (Fsp3) is 0.235. The van der Waals surface area contributed by atoms with Crippen molar-refractivity contribution in [2.45, 2.75) is 30.9 Å². The Labute approximate surface area is 224 Å². The molecular weight excluding hydrogens is 474 g/mol. The maximum atomic E-state index is 11.9. The molecule has 1 fully saturated rings. The van der Waals surface area contributed by atoms with E-state index in [4.69, 9.17) is 11.6 Å². The Bertz CT molecular complexity index is 1440. The maximum absolute atomic E-state index is 11.9. The van der Waals surface area contributed by atoms with Crippen LogP contribution in [0.4, 0.5) is 0 Å². The molecule has 0 aromatic heterocycles. The number of quaternary nitrogens is 1. The fourth-order valence-electron chi connectivity index (χ4n) is 6.31. The summed E-state index contributed by atoms with van der Waals surface area (Å²) in [5, 5.41) is 12.7. The first-order chi connectivity index (χ1) is 18.1. The van der Waals surface area contributed by atoms with Gasteiger partial charge in [0.05, 0.1) is 13.1 Å². The lowest BCUT2D eigenvalue weighted by atomic mass is 9.88. The van der Waals surface area contributed by atoms with Crippen molar-refractivity contribution in [3.05, 3.63) is 130 Å². The predicted molar refractivity (Wildman–Crippen MR) is 151 cm³/mol. The van der Waals surface area contributed by atoms with Gasteiger partial charge in [0, 0.05) is 29.3 Å². The van der Waals surface area contributed by atoms with Crippen LogP contribution in [0.5, 0.6) is 0 Å². The molecule has 1 aliphatic carbocycles. The average Bonchev–Trinajstić information content (AvgIpc) is 3.47. The van der Waals surface area contributed by atoms with Crippen LogP contribution in [0.15, 0.2) is 103 Å². The van der Waals surface area contributed by atoms with Crippen molar-refractivity contribution < 1.29 is 9.59 Å². The second kappa shape index (κ2) is 9.84. The number of fused-ring (bicyclic) bond motifs is 3. The van der Waals surface area contributed by atoms with Crippen LogP contribution < -0.4 is 0 Å². The van der Waals surface area contributed by atoms with E-state index < -0.39 is 5.60 Å². The van der Waals surface area contributed by atoms with E-state index in [0.29, 0.717) is 12.3 Å². The molecule has 2 aliphatic rings. The average molecular weight is 505 g/mol. The molecule has 1 N–H and O–H groups in total. The normalized spacial score (nSPS) is 21.1. The van der Waals surface area contributed by atoms with Crippen molar-refractivity contribution in [1.29, 1.82) is 0 Å². The Balaban J connectivity index is 1.27. The first-order valence-electron chi connectivity index (χ1n) is 13.1. The second-order valence-corrected chi connectivity index (χ2v) is 10.9. The van der Waals surface area contributed by atoms with Gasteiger partial charge in [0.15, 0.2) is 0 Å². The molecule has 3 heteroatoms. The first-order valence-corrected chi connectivity index (χ1v) is 13.5. The van der Waals surface area contributed by atoms with E-state index in [2.05, 4.69) is 66.4 Å². The van der Waals surface area contributed by atoms with Crippen LogP contribution in [-0.4, -0.2) is 29.2 Å². The van der Waals surface area contributed by atoms with Crippen molar-refractivity contribution in [1.82, 2.24) is 0 Å². The van der Waals surface area contributed by atoms with E-state index in [0.717, 1.165) is 64.4 Å². The minimum absolute atomic E-state index is 0.384.